The summed E-state index contributed by atoms with van der Waals surface area (Å²) in [5, 5.41) is 10.8. The Morgan fingerprint density at radius 2 is 2.04 bits per heavy atom. The average molecular weight is 322 g/mol. The van der Waals surface area contributed by atoms with E-state index < -0.39 is 0 Å². The van der Waals surface area contributed by atoms with E-state index in [1.165, 1.54) is 19.2 Å². The zero-order valence-corrected chi connectivity index (χ0v) is 13.1. The van der Waals surface area contributed by atoms with Crippen molar-refractivity contribution in [1.82, 2.24) is 9.97 Å². The lowest BCUT2D eigenvalue weighted by molar-refractivity contribution is 0.413. The highest BCUT2D eigenvalue weighted by Crippen LogP contribution is 2.41. The number of aromatic nitrogens is 2. The number of fused-ring (bicyclic) bond motifs is 2. The standard InChI is InChI=1S/C18H14N2O4/c1-9-7-12(21)15-14(24-9)8-13(22)16(17(15)23-2)18-19-10-5-3-4-6-11(10)20-18/h3-8,22H,1-2H3,(H,19,20). The first-order valence-electron chi connectivity index (χ1n) is 7.38. The van der Waals surface area contributed by atoms with Gasteiger partial charge < -0.3 is 19.2 Å². The van der Waals surface area contributed by atoms with Crippen molar-refractivity contribution < 1.29 is 14.3 Å². The molecule has 24 heavy (non-hydrogen) atoms. The summed E-state index contributed by atoms with van der Waals surface area (Å²) < 4.78 is 11.0. The molecule has 0 unspecified atom stereocenters. The highest BCUT2D eigenvalue weighted by atomic mass is 16.5. The molecular weight excluding hydrogens is 308 g/mol. The van der Waals surface area contributed by atoms with Gasteiger partial charge in [-0.05, 0) is 19.1 Å². The Balaban J connectivity index is 2.11. The summed E-state index contributed by atoms with van der Waals surface area (Å²) in [4.78, 5) is 20.0. The lowest BCUT2D eigenvalue weighted by Gasteiger charge is -2.11. The Hall–Kier alpha value is -3.28. The van der Waals surface area contributed by atoms with Crippen LogP contribution in [0.25, 0.3) is 33.4 Å². The van der Waals surface area contributed by atoms with E-state index in [1.54, 1.807) is 6.92 Å². The number of aromatic hydroxyl groups is 1. The maximum absolute atomic E-state index is 12.4. The maximum atomic E-state index is 12.4. The van der Waals surface area contributed by atoms with Crippen LogP contribution in [0.5, 0.6) is 11.5 Å². The zero-order valence-electron chi connectivity index (χ0n) is 13.1. The van der Waals surface area contributed by atoms with Crippen molar-refractivity contribution in [1.29, 1.82) is 0 Å². The molecule has 0 aliphatic carbocycles. The third kappa shape index (κ3) is 2.04. The van der Waals surface area contributed by atoms with Gasteiger partial charge in [0.25, 0.3) is 0 Å². The number of aromatic amines is 1. The Morgan fingerprint density at radius 1 is 1.25 bits per heavy atom. The highest BCUT2D eigenvalue weighted by Gasteiger charge is 2.22. The lowest BCUT2D eigenvalue weighted by atomic mass is 10.1. The van der Waals surface area contributed by atoms with E-state index in [1.807, 2.05) is 24.3 Å². The minimum Gasteiger partial charge on any atom is -0.507 e. The number of para-hydroxylation sites is 2. The molecule has 0 radical (unpaired) electrons. The summed E-state index contributed by atoms with van der Waals surface area (Å²) >= 11 is 0. The molecule has 0 saturated carbocycles. The largest absolute Gasteiger partial charge is 0.507 e. The molecule has 4 rings (SSSR count). The number of methoxy groups -OCH3 is 1. The molecule has 4 aromatic rings. The minimum atomic E-state index is -0.233. The fraction of sp³-hybridized carbons (Fsp3) is 0.111. The number of nitrogens with zero attached hydrogens (tertiary/aromatic N) is 1. The van der Waals surface area contributed by atoms with Gasteiger partial charge in [0.2, 0.25) is 0 Å². The molecule has 0 bridgehead atoms. The van der Waals surface area contributed by atoms with Crippen molar-refractivity contribution in [2.45, 2.75) is 6.92 Å². The molecule has 0 aliphatic rings. The molecule has 2 heterocycles. The summed E-state index contributed by atoms with van der Waals surface area (Å²) in [6.07, 6.45) is 0. The van der Waals surface area contributed by atoms with Gasteiger partial charge in [0.1, 0.15) is 39.6 Å². The summed E-state index contributed by atoms with van der Waals surface area (Å²) in [7, 11) is 1.44. The number of rotatable bonds is 2. The smallest absolute Gasteiger partial charge is 0.196 e. The molecule has 6 nitrogen and oxygen atoms in total. The summed E-state index contributed by atoms with van der Waals surface area (Å²) in [6, 6.07) is 10.3. The van der Waals surface area contributed by atoms with Gasteiger partial charge in [-0.3, -0.25) is 4.79 Å². The van der Waals surface area contributed by atoms with Crippen LogP contribution in [0.15, 0.2) is 45.6 Å². The summed E-state index contributed by atoms with van der Waals surface area (Å²) in [6.45, 7) is 1.68. The van der Waals surface area contributed by atoms with Crippen LogP contribution in [0.1, 0.15) is 5.76 Å². The molecule has 2 aromatic carbocycles. The second-order valence-corrected chi connectivity index (χ2v) is 5.50. The third-order valence-corrected chi connectivity index (χ3v) is 3.91. The number of phenols is 1. The van der Waals surface area contributed by atoms with Gasteiger partial charge in [0.05, 0.1) is 18.1 Å². The number of hydrogen-bond acceptors (Lipinski definition) is 5. The number of benzene rings is 2. The summed E-state index contributed by atoms with van der Waals surface area (Å²) in [5.41, 5.74) is 1.95. The SMILES string of the molecule is COc1c(-c2nc3ccccc3[nH]2)c(O)cc2oc(C)cc(=O)c12. The van der Waals surface area contributed by atoms with Gasteiger partial charge in [-0.25, -0.2) is 4.98 Å². The second-order valence-electron chi connectivity index (χ2n) is 5.50. The molecule has 6 heteroatoms. The number of phenolic OH excluding ortho intramolecular Hbond substituents is 1. The number of ether oxygens (including phenoxy) is 1. The number of H-pyrrole nitrogens is 1. The van der Waals surface area contributed by atoms with E-state index in [-0.39, 0.29) is 27.9 Å². The van der Waals surface area contributed by atoms with Crippen LogP contribution in [-0.2, 0) is 0 Å². The second kappa shape index (κ2) is 5.13. The Labute approximate surface area is 136 Å². The Bertz CT molecular complexity index is 1110. The lowest BCUT2D eigenvalue weighted by Crippen LogP contribution is -2.04. The van der Waals surface area contributed by atoms with E-state index in [9.17, 15) is 9.90 Å². The van der Waals surface area contributed by atoms with Crippen molar-refractivity contribution in [2.75, 3.05) is 7.11 Å². The van der Waals surface area contributed by atoms with Crippen molar-refractivity contribution in [3.8, 4) is 22.9 Å². The predicted octanol–water partition coefficient (Wildman–Crippen LogP) is 3.36. The van der Waals surface area contributed by atoms with Gasteiger partial charge in [-0.1, -0.05) is 12.1 Å². The van der Waals surface area contributed by atoms with Crippen LogP contribution in [0.3, 0.4) is 0 Å². The molecule has 0 amide bonds. The Morgan fingerprint density at radius 3 is 2.79 bits per heavy atom. The first kappa shape index (κ1) is 14.3. The van der Waals surface area contributed by atoms with Crippen molar-refractivity contribution in [3.05, 3.63) is 52.4 Å². The molecule has 0 saturated heterocycles. The first-order valence-corrected chi connectivity index (χ1v) is 7.38. The first-order chi connectivity index (χ1) is 11.6. The number of nitrogens with one attached hydrogen (secondary N) is 1. The topological polar surface area (TPSA) is 88.3 Å². The van der Waals surface area contributed by atoms with Crippen LogP contribution >= 0.6 is 0 Å². The molecule has 2 aromatic heterocycles. The van der Waals surface area contributed by atoms with Crippen LogP contribution in [-0.4, -0.2) is 22.2 Å². The molecule has 0 atom stereocenters. The Kier molecular flexibility index (Phi) is 3.06. The molecule has 0 fully saturated rings. The minimum absolute atomic E-state index is 0.0767. The monoisotopic (exact) mass is 322 g/mol. The highest BCUT2D eigenvalue weighted by molar-refractivity contribution is 5.95. The molecular formula is C18H14N2O4. The number of imidazole rings is 1. The van der Waals surface area contributed by atoms with Gasteiger partial charge >= 0.3 is 0 Å². The van der Waals surface area contributed by atoms with E-state index in [0.29, 0.717) is 17.1 Å². The average Bonchev–Trinajstić information content (AvgIpc) is 2.96. The van der Waals surface area contributed by atoms with E-state index in [0.717, 1.165) is 11.0 Å². The van der Waals surface area contributed by atoms with Gasteiger partial charge in [-0.15, -0.1) is 0 Å². The van der Waals surface area contributed by atoms with Gasteiger partial charge in [0, 0.05) is 12.1 Å². The van der Waals surface area contributed by atoms with Crippen LogP contribution in [0.4, 0.5) is 0 Å². The van der Waals surface area contributed by atoms with Crippen molar-refractivity contribution in [3.63, 3.8) is 0 Å². The maximum Gasteiger partial charge on any atom is 0.196 e. The van der Waals surface area contributed by atoms with Crippen LogP contribution in [0.2, 0.25) is 0 Å². The van der Waals surface area contributed by atoms with Gasteiger partial charge in [0.15, 0.2) is 5.43 Å². The molecule has 0 spiro atoms. The van der Waals surface area contributed by atoms with E-state index in [2.05, 4.69) is 9.97 Å². The fourth-order valence-corrected chi connectivity index (χ4v) is 2.90. The van der Waals surface area contributed by atoms with Crippen molar-refractivity contribution >= 4 is 22.0 Å². The van der Waals surface area contributed by atoms with E-state index >= 15 is 0 Å². The van der Waals surface area contributed by atoms with Crippen molar-refractivity contribution in [2.24, 2.45) is 0 Å². The molecule has 2 N–H and O–H groups in total. The molecule has 120 valence electrons. The predicted molar refractivity (Wildman–Crippen MR) is 90.5 cm³/mol. The fourth-order valence-electron chi connectivity index (χ4n) is 2.90. The van der Waals surface area contributed by atoms with E-state index in [4.69, 9.17) is 9.15 Å². The molecule has 0 aliphatic heterocycles. The number of aryl methyl sites for hydroxylation is 1. The normalized spacial score (nSPS) is 11.2. The van der Waals surface area contributed by atoms with Gasteiger partial charge in [-0.2, -0.15) is 0 Å². The number of hydrogen-bond donors (Lipinski definition) is 2. The quantitative estimate of drug-likeness (QED) is 0.591. The van der Waals surface area contributed by atoms with Crippen LogP contribution in [0, 0.1) is 6.92 Å². The van der Waals surface area contributed by atoms with Crippen LogP contribution < -0.4 is 10.2 Å². The summed E-state index contributed by atoms with van der Waals surface area (Å²) in [5.74, 6) is 1.04. The zero-order chi connectivity index (χ0) is 16.8. The third-order valence-electron chi connectivity index (χ3n) is 3.91.